The van der Waals surface area contributed by atoms with Crippen LogP contribution in [0, 0.1) is 12.8 Å². The molecule has 1 aromatic rings. The zero-order valence-corrected chi connectivity index (χ0v) is 12.5. The van der Waals surface area contributed by atoms with Gasteiger partial charge in [0.25, 0.3) is 0 Å². The van der Waals surface area contributed by atoms with Gasteiger partial charge < -0.3 is 10.0 Å². The van der Waals surface area contributed by atoms with Crippen molar-refractivity contribution < 1.29 is 18.3 Å². The van der Waals surface area contributed by atoms with Crippen molar-refractivity contribution in [3.63, 3.8) is 0 Å². The van der Waals surface area contributed by atoms with Crippen LogP contribution in [0.25, 0.3) is 0 Å². The SMILES string of the molecule is Cc1cc(S(C)(=O)=O)ccc1N1CCCC(C(=O)O)C1. The van der Waals surface area contributed by atoms with Gasteiger partial charge in [-0.05, 0) is 43.5 Å². The Morgan fingerprint density at radius 1 is 1.40 bits per heavy atom. The van der Waals surface area contributed by atoms with Gasteiger partial charge in [-0.3, -0.25) is 4.79 Å². The molecular weight excluding hydrogens is 278 g/mol. The van der Waals surface area contributed by atoms with Crippen LogP contribution in [0.3, 0.4) is 0 Å². The molecule has 1 atom stereocenters. The number of aliphatic carboxylic acids is 1. The Kier molecular flexibility index (Phi) is 4.04. The molecule has 0 radical (unpaired) electrons. The van der Waals surface area contributed by atoms with Crippen molar-refractivity contribution >= 4 is 21.5 Å². The Morgan fingerprint density at radius 2 is 2.10 bits per heavy atom. The van der Waals surface area contributed by atoms with Crippen LogP contribution in [-0.2, 0) is 14.6 Å². The largest absolute Gasteiger partial charge is 0.481 e. The summed E-state index contributed by atoms with van der Waals surface area (Å²) in [5, 5.41) is 9.12. The van der Waals surface area contributed by atoms with Crippen LogP contribution in [0.4, 0.5) is 5.69 Å². The van der Waals surface area contributed by atoms with Gasteiger partial charge in [0.2, 0.25) is 0 Å². The quantitative estimate of drug-likeness (QED) is 0.919. The van der Waals surface area contributed by atoms with Gasteiger partial charge in [0.05, 0.1) is 10.8 Å². The van der Waals surface area contributed by atoms with E-state index in [1.54, 1.807) is 18.2 Å². The van der Waals surface area contributed by atoms with Crippen LogP contribution in [0.2, 0.25) is 0 Å². The highest BCUT2D eigenvalue weighted by Gasteiger charge is 2.26. The molecule has 1 aliphatic rings. The molecular formula is C14H19NO4S. The number of nitrogens with zero attached hydrogens (tertiary/aromatic N) is 1. The van der Waals surface area contributed by atoms with E-state index in [2.05, 4.69) is 0 Å². The van der Waals surface area contributed by atoms with Crippen molar-refractivity contribution in [2.24, 2.45) is 5.92 Å². The van der Waals surface area contributed by atoms with Crippen molar-refractivity contribution in [1.29, 1.82) is 0 Å². The maximum absolute atomic E-state index is 11.5. The van der Waals surface area contributed by atoms with Gasteiger partial charge in [0.1, 0.15) is 0 Å². The molecule has 0 amide bonds. The minimum absolute atomic E-state index is 0.297. The summed E-state index contributed by atoms with van der Waals surface area (Å²) >= 11 is 0. The lowest BCUT2D eigenvalue weighted by Gasteiger charge is -2.33. The second kappa shape index (κ2) is 5.44. The molecule has 1 aromatic carbocycles. The first kappa shape index (κ1) is 14.8. The Hall–Kier alpha value is -1.56. The Balaban J connectivity index is 2.27. The monoisotopic (exact) mass is 297 g/mol. The van der Waals surface area contributed by atoms with E-state index in [0.29, 0.717) is 17.9 Å². The summed E-state index contributed by atoms with van der Waals surface area (Å²) in [6.45, 7) is 3.14. The molecule has 0 spiro atoms. The lowest BCUT2D eigenvalue weighted by molar-refractivity contribution is -0.141. The first-order valence-electron chi connectivity index (χ1n) is 6.57. The molecule has 2 rings (SSSR count). The molecule has 110 valence electrons. The van der Waals surface area contributed by atoms with Crippen molar-refractivity contribution in [3.05, 3.63) is 23.8 Å². The molecule has 0 aromatic heterocycles. The maximum atomic E-state index is 11.5. The number of rotatable bonds is 3. The molecule has 0 bridgehead atoms. The molecule has 6 heteroatoms. The minimum Gasteiger partial charge on any atom is -0.481 e. The van der Waals surface area contributed by atoms with E-state index >= 15 is 0 Å². The van der Waals surface area contributed by atoms with E-state index < -0.39 is 15.8 Å². The van der Waals surface area contributed by atoms with Gasteiger partial charge in [0.15, 0.2) is 9.84 Å². The summed E-state index contributed by atoms with van der Waals surface area (Å²) in [4.78, 5) is 13.4. The van der Waals surface area contributed by atoms with Gasteiger partial charge in [-0.1, -0.05) is 0 Å². The molecule has 0 aliphatic carbocycles. The number of aryl methyl sites for hydroxylation is 1. The molecule has 1 fully saturated rings. The van der Waals surface area contributed by atoms with Crippen LogP contribution in [0.5, 0.6) is 0 Å². The van der Waals surface area contributed by atoms with Crippen molar-refractivity contribution in [2.75, 3.05) is 24.2 Å². The Bertz CT molecular complexity index is 624. The lowest BCUT2D eigenvalue weighted by Crippen LogP contribution is -2.39. The summed E-state index contributed by atoms with van der Waals surface area (Å²) in [7, 11) is -3.21. The highest BCUT2D eigenvalue weighted by Crippen LogP contribution is 2.28. The zero-order chi connectivity index (χ0) is 14.9. The van der Waals surface area contributed by atoms with E-state index in [1.165, 1.54) is 6.26 Å². The third-order valence-corrected chi connectivity index (χ3v) is 4.82. The van der Waals surface area contributed by atoms with Crippen LogP contribution >= 0.6 is 0 Å². The fourth-order valence-electron chi connectivity index (χ4n) is 2.61. The molecule has 1 aliphatic heterocycles. The number of sulfone groups is 1. The molecule has 1 heterocycles. The fraction of sp³-hybridized carbons (Fsp3) is 0.500. The first-order valence-corrected chi connectivity index (χ1v) is 8.46. The van der Waals surface area contributed by atoms with Crippen LogP contribution < -0.4 is 4.90 Å². The highest BCUT2D eigenvalue weighted by atomic mass is 32.2. The average molecular weight is 297 g/mol. The standard InChI is InChI=1S/C14H19NO4S/c1-10-8-12(20(2,18)19)5-6-13(10)15-7-3-4-11(9-15)14(16)17/h5-6,8,11H,3-4,7,9H2,1-2H3,(H,16,17). The normalized spacial score (nSPS) is 19.9. The maximum Gasteiger partial charge on any atom is 0.308 e. The Labute approximate surface area is 119 Å². The van der Waals surface area contributed by atoms with E-state index in [4.69, 9.17) is 5.11 Å². The predicted molar refractivity (Wildman–Crippen MR) is 76.9 cm³/mol. The zero-order valence-electron chi connectivity index (χ0n) is 11.7. The number of carbonyl (C=O) groups is 1. The number of benzene rings is 1. The average Bonchev–Trinajstić information content (AvgIpc) is 2.37. The summed E-state index contributed by atoms with van der Waals surface area (Å²) in [5.41, 5.74) is 1.78. The number of hydrogen-bond acceptors (Lipinski definition) is 4. The first-order chi connectivity index (χ1) is 9.29. The number of hydrogen-bond donors (Lipinski definition) is 1. The van der Waals surface area contributed by atoms with Crippen molar-refractivity contribution in [1.82, 2.24) is 0 Å². The second-order valence-corrected chi connectivity index (χ2v) is 7.36. The third-order valence-electron chi connectivity index (χ3n) is 3.71. The van der Waals surface area contributed by atoms with Crippen LogP contribution in [-0.4, -0.2) is 38.8 Å². The lowest BCUT2D eigenvalue weighted by atomic mass is 9.97. The van der Waals surface area contributed by atoms with Crippen molar-refractivity contribution in [3.8, 4) is 0 Å². The van der Waals surface area contributed by atoms with E-state index in [0.717, 1.165) is 24.2 Å². The van der Waals surface area contributed by atoms with E-state index in [-0.39, 0.29) is 5.92 Å². The molecule has 1 N–H and O–H groups in total. The molecule has 20 heavy (non-hydrogen) atoms. The fourth-order valence-corrected chi connectivity index (χ4v) is 3.32. The van der Waals surface area contributed by atoms with Gasteiger partial charge in [-0.25, -0.2) is 8.42 Å². The molecule has 1 unspecified atom stereocenters. The number of piperidine rings is 1. The van der Waals surface area contributed by atoms with Crippen LogP contribution in [0.1, 0.15) is 18.4 Å². The molecule has 5 nitrogen and oxygen atoms in total. The summed E-state index contributed by atoms with van der Waals surface area (Å²) in [6, 6.07) is 5.01. The number of carboxylic acid groups (broad SMARTS) is 1. The third kappa shape index (κ3) is 3.12. The van der Waals surface area contributed by atoms with Crippen LogP contribution in [0.15, 0.2) is 23.1 Å². The van der Waals surface area contributed by atoms with Gasteiger partial charge >= 0.3 is 5.97 Å². The van der Waals surface area contributed by atoms with Gasteiger partial charge in [-0.2, -0.15) is 0 Å². The predicted octanol–water partition coefficient (Wildman–Crippen LogP) is 1.70. The smallest absolute Gasteiger partial charge is 0.308 e. The van der Waals surface area contributed by atoms with E-state index in [9.17, 15) is 13.2 Å². The van der Waals surface area contributed by atoms with Gasteiger partial charge in [-0.15, -0.1) is 0 Å². The summed E-state index contributed by atoms with van der Waals surface area (Å²) in [5.74, 6) is -1.11. The minimum atomic E-state index is -3.21. The Morgan fingerprint density at radius 3 is 2.65 bits per heavy atom. The molecule has 0 saturated carbocycles. The summed E-state index contributed by atoms with van der Waals surface area (Å²) < 4.78 is 23.0. The molecule has 1 saturated heterocycles. The number of anilines is 1. The van der Waals surface area contributed by atoms with E-state index in [1.807, 2.05) is 11.8 Å². The van der Waals surface area contributed by atoms with Gasteiger partial charge in [0, 0.05) is 25.0 Å². The number of carboxylic acids is 1. The second-order valence-electron chi connectivity index (χ2n) is 5.34. The summed E-state index contributed by atoms with van der Waals surface area (Å²) in [6.07, 6.45) is 2.72. The topological polar surface area (TPSA) is 74.7 Å². The highest BCUT2D eigenvalue weighted by molar-refractivity contribution is 7.90. The van der Waals surface area contributed by atoms with Crippen molar-refractivity contribution in [2.45, 2.75) is 24.7 Å².